The first kappa shape index (κ1) is 26.9. The summed E-state index contributed by atoms with van der Waals surface area (Å²) in [5.74, 6) is -3.32. The van der Waals surface area contributed by atoms with Gasteiger partial charge in [-0.3, -0.25) is 0 Å². The number of esters is 1. The van der Waals surface area contributed by atoms with E-state index in [9.17, 15) is 9.59 Å². The minimum absolute atomic E-state index is 0.0728. The molecule has 1 atom stereocenters. The molecule has 5 rings (SSSR count). The lowest BCUT2D eigenvalue weighted by Crippen LogP contribution is -2.51. The molecule has 1 N–H and O–H groups in total. The molecule has 0 saturated heterocycles. The van der Waals surface area contributed by atoms with Crippen molar-refractivity contribution >= 4 is 12.1 Å². The van der Waals surface area contributed by atoms with Gasteiger partial charge in [-0.25, -0.2) is 18.4 Å². The molecule has 1 aliphatic carbocycles. The Kier molecular flexibility index (Phi) is 7.51. The van der Waals surface area contributed by atoms with Crippen LogP contribution in [-0.2, 0) is 39.4 Å². The molecular weight excluding hydrogens is 516 g/mol. The van der Waals surface area contributed by atoms with Gasteiger partial charge >= 0.3 is 12.1 Å². The summed E-state index contributed by atoms with van der Waals surface area (Å²) in [4.78, 5) is 25.6. The standard InChI is InChI=1S/C32H27F2NO5/c1-32(30(36)38-2,29-27(33)16-23(17-28(29)34)39-18-20-9-4-3-5-10-20)35-31(37)40-19-22-12-8-14-25-24-13-7-6-11-21(24)15-26(22)25/h3-14,16-17H,15,18-19H2,1-2H3,(H,35,37)/t32-/m0/s1. The molecule has 4 aromatic rings. The lowest BCUT2D eigenvalue weighted by atomic mass is 9.90. The van der Waals surface area contributed by atoms with E-state index in [4.69, 9.17) is 14.2 Å². The molecule has 1 aliphatic rings. The maximum atomic E-state index is 15.3. The predicted molar refractivity (Wildman–Crippen MR) is 145 cm³/mol. The van der Waals surface area contributed by atoms with E-state index in [0.29, 0.717) is 6.42 Å². The first-order valence-electron chi connectivity index (χ1n) is 12.7. The van der Waals surface area contributed by atoms with Crippen LogP contribution in [0.15, 0.2) is 84.9 Å². The monoisotopic (exact) mass is 543 g/mol. The molecule has 6 nitrogen and oxygen atoms in total. The molecule has 0 aliphatic heterocycles. The number of carbonyl (C=O) groups is 2. The summed E-state index contributed by atoms with van der Waals surface area (Å²) in [6.45, 7) is 1.15. The van der Waals surface area contributed by atoms with E-state index in [0.717, 1.165) is 54.0 Å². The Hall–Kier alpha value is -4.72. The fourth-order valence-corrected chi connectivity index (χ4v) is 5.01. The molecule has 0 spiro atoms. The molecule has 4 aromatic carbocycles. The molecular formula is C32H27F2NO5. The van der Waals surface area contributed by atoms with Crippen LogP contribution >= 0.6 is 0 Å². The molecule has 0 radical (unpaired) electrons. The summed E-state index contributed by atoms with van der Waals surface area (Å²) < 4.78 is 46.3. The van der Waals surface area contributed by atoms with Crippen LogP contribution in [0.3, 0.4) is 0 Å². The van der Waals surface area contributed by atoms with Gasteiger partial charge in [-0.05, 0) is 46.7 Å². The van der Waals surface area contributed by atoms with E-state index < -0.39 is 34.8 Å². The Balaban J connectivity index is 1.33. The number of rotatable bonds is 8. The fourth-order valence-electron chi connectivity index (χ4n) is 5.01. The maximum absolute atomic E-state index is 15.3. The van der Waals surface area contributed by atoms with E-state index in [2.05, 4.69) is 11.4 Å². The number of ether oxygens (including phenoxy) is 3. The topological polar surface area (TPSA) is 73.9 Å². The number of amides is 1. The zero-order valence-electron chi connectivity index (χ0n) is 22.0. The number of hydrogen-bond acceptors (Lipinski definition) is 5. The van der Waals surface area contributed by atoms with E-state index in [1.165, 1.54) is 5.56 Å². The number of carbonyl (C=O) groups excluding carboxylic acids is 2. The lowest BCUT2D eigenvalue weighted by Gasteiger charge is -2.29. The molecule has 0 fully saturated rings. The maximum Gasteiger partial charge on any atom is 0.408 e. The summed E-state index contributed by atoms with van der Waals surface area (Å²) >= 11 is 0. The normalized spacial score (nSPS) is 13.0. The first-order chi connectivity index (χ1) is 19.3. The van der Waals surface area contributed by atoms with Crippen molar-refractivity contribution in [2.45, 2.75) is 32.1 Å². The minimum atomic E-state index is -2.22. The Morgan fingerprint density at radius 3 is 2.27 bits per heavy atom. The molecule has 0 aromatic heterocycles. The molecule has 8 heteroatoms. The highest BCUT2D eigenvalue weighted by atomic mass is 19.1. The highest BCUT2D eigenvalue weighted by Gasteiger charge is 2.43. The van der Waals surface area contributed by atoms with Gasteiger partial charge in [-0.1, -0.05) is 72.8 Å². The van der Waals surface area contributed by atoms with Gasteiger partial charge in [-0.2, -0.15) is 0 Å². The quantitative estimate of drug-likeness (QED) is 0.228. The zero-order valence-corrected chi connectivity index (χ0v) is 22.0. The van der Waals surface area contributed by atoms with Gasteiger partial charge in [0.15, 0.2) is 5.54 Å². The number of alkyl carbamates (subject to hydrolysis) is 1. The fraction of sp³-hybridized carbons (Fsp3) is 0.188. The van der Waals surface area contributed by atoms with Gasteiger partial charge in [0.25, 0.3) is 0 Å². The zero-order chi connectivity index (χ0) is 28.3. The lowest BCUT2D eigenvalue weighted by molar-refractivity contribution is -0.148. The van der Waals surface area contributed by atoms with Crippen LogP contribution in [-0.4, -0.2) is 19.2 Å². The number of methoxy groups -OCH3 is 1. The molecule has 1 amide bonds. The van der Waals surface area contributed by atoms with Gasteiger partial charge in [0, 0.05) is 12.1 Å². The first-order valence-corrected chi connectivity index (χ1v) is 12.7. The van der Waals surface area contributed by atoms with E-state index in [1.54, 1.807) is 0 Å². The van der Waals surface area contributed by atoms with Crippen LogP contribution in [0.25, 0.3) is 11.1 Å². The minimum Gasteiger partial charge on any atom is -0.489 e. The van der Waals surface area contributed by atoms with Crippen LogP contribution in [0.2, 0.25) is 0 Å². The van der Waals surface area contributed by atoms with Crippen molar-refractivity contribution in [3.8, 4) is 16.9 Å². The molecule has 0 heterocycles. The van der Waals surface area contributed by atoms with Crippen LogP contribution < -0.4 is 10.1 Å². The number of benzene rings is 4. The average Bonchev–Trinajstić information content (AvgIpc) is 3.34. The van der Waals surface area contributed by atoms with E-state index in [1.807, 2.05) is 66.7 Å². The Bertz CT molecular complexity index is 1550. The van der Waals surface area contributed by atoms with Gasteiger partial charge in [0.2, 0.25) is 0 Å². The second-order valence-corrected chi connectivity index (χ2v) is 9.63. The summed E-state index contributed by atoms with van der Waals surface area (Å²) in [7, 11) is 1.06. The van der Waals surface area contributed by atoms with Crippen LogP contribution in [0.5, 0.6) is 5.75 Å². The summed E-state index contributed by atoms with van der Waals surface area (Å²) in [6, 6.07) is 24.8. The third-order valence-electron chi connectivity index (χ3n) is 7.02. The van der Waals surface area contributed by atoms with Crippen molar-refractivity contribution in [1.29, 1.82) is 0 Å². The van der Waals surface area contributed by atoms with E-state index in [-0.39, 0.29) is 19.0 Å². The van der Waals surface area contributed by atoms with Gasteiger partial charge < -0.3 is 19.5 Å². The van der Waals surface area contributed by atoms with Crippen molar-refractivity contribution < 1.29 is 32.6 Å². The van der Waals surface area contributed by atoms with Crippen molar-refractivity contribution in [2.75, 3.05) is 7.11 Å². The number of fused-ring (bicyclic) bond motifs is 3. The number of halogens is 2. The second-order valence-electron chi connectivity index (χ2n) is 9.63. The van der Waals surface area contributed by atoms with Crippen LogP contribution in [0.4, 0.5) is 13.6 Å². The third kappa shape index (κ3) is 5.25. The third-order valence-corrected chi connectivity index (χ3v) is 7.02. The Morgan fingerprint density at radius 1 is 0.875 bits per heavy atom. The SMILES string of the molecule is COC(=O)[C@@](C)(NC(=O)OCc1cccc2c1Cc1ccccc1-2)c1c(F)cc(OCc2ccccc2)cc1F. The molecule has 40 heavy (non-hydrogen) atoms. The molecule has 0 unspecified atom stereocenters. The number of hydrogen-bond donors (Lipinski definition) is 1. The van der Waals surface area contributed by atoms with Crippen LogP contribution in [0, 0.1) is 11.6 Å². The Labute approximate surface area is 230 Å². The van der Waals surface area contributed by atoms with Gasteiger partial charge in [0.1, 0.15) is 30.6 Å². The summed E-state index contributed by atoms with van der Waals surface area (Å²) in [5.41, 5.74) is 3.10. The molecule has 204 valence electrons. The highest BCUT2D eigenvalue weighted by molar-refractivity contribution is 5.87. The Morgan fingerprint density at radius 2 is 1.55 bits per heavy atom. The number of nitrogens with one attached hydrogen (secondary N) is 1. The predicted octanol–water partition coefficient (Wildman–Crippen LogP) is 6.43. The van der Waals surface area contributed by atoms with Crippen molar-refractivity contribution in [3.05, 3.63) is 124 Å². The molecule has 0 bridgehead atoms. The van der Waals surface area contributed by atoms with E-state index >= 15 is 8.78 Å². The van der Waals surface area contributed by atoms with Crippen LogP contribution in [0.1, 0.15) is 34.7 Å². The molecule has 0 saturated carbocycles. The van der Waals surface area contributed by atoms with Crippen molar-refractivity contribution in [2.24, 2.45) is 0 Å². The van der Waals surface area contributed by atoms with Gasteiger partial charge in [0.05, 0.1) is 12.7 Å². The summed E-state index contributed by atoms with van der Waals surface area (Å²) in [5, 5.41) is 2.32. The second kappa shape index (κ2) is 11.2. The average molecular weight is 544 g/mol. The smallest absolute Gasteiger partial charge is 0.408 e. The summed E-state index contributed by atoms with van der Waals surface area (Å²) in [6.07, 6.45) is -0.342. The van der Waals surface area contributed by atoms with Gasteiger partial charge in [-0.15, -0.1) is 0 Å². The van der Waals surface area contributed by atoms with Crippen molar-refractivity contribution in [3.63, 3.8) is 0 Å². The van der Waals surface area contributed by atoms with Crippen molar-refractivity contribution in [1.82, 2.24) is 5.32 Å². The highest BCUT2D eigenvalue weighted by Crippen LogP contribution is 2.38. The largest absolute Gasteiger partial charge is 0.489 e.